The van der Waals surface area contributed by atoms with Crippen molar-refractivity contribution in [2.24, 2.45) is 11.8 Å². The molecule has 96 valence electrons. The number of hydrogen-bond donors (Lipinski definition) is 1. The van der Waals surface area contributed by atoms with E-state index in [4.69, 9.17) is 23.2 Å². The van der Waals surface area contributed by atoms with Gasteiger partial charge in [-0.05, 0) is 56.0 Å². The predicted octanol–water partition coefficient (Wildman–Crippen LogP) is 4.42. The number of rotatable bonds is 6. The summed E-state index contributed by atoms with van der Waals surface area (Å²) in [5.74, 6) is 1.37. The summed E-state index contributed by atoms with van der Waals surface area (Å²) in [6, 6.07) is 5.93. The first-order valence-corrected chi connectivity index (χ1v) is 6.87. The highest BCUT2D eigenvalue weighted by Gasteiger charge is 2.11. The molecule has 0 spiro atoms. The van der Waals surface area contributed by atoms with Crippen LogP contribution in [0.5, 0.6) is 0 Å². The van der Waals surface area contributed by atoms with Gasteiger partial charge in [-0.15, -0.1) is 0 Å². The fraction of sp³-hybridized carbons (Fsp3) is 0.571. The molecule has 0 aromatic heterocycles. The summed E-state index contributed by atoms with van der Waals surface area (Å²) in [5.41, 5.74) is 1.26. The highest BCUT2D eigenvalue weighted by molar-refractivity contribution is 6.42. The Bertz CT molecular complexity index is 350. The van der Waals surface area contributed by atoms with Gasteiger partial charge in [0.1, 0.15) is 0 Å². The van der Waals surface area contributed by atoms with E-state index in [-0.39, 0.29) is 0 Å². The molecular weight excluding hydrogens is 253 g/mol. The van der Waals surface area contributed by atoms with E-state index in [9.17, 15) is 0 Å². The van der Waals surface area contributed by atoms with E-state index in [0.29, 0.717) is 16.0 Å². The third-order valence-corrected chi connectivity index (χ3v) is 3.54. The molecule has 0 aliphatic carbocycles. The van der Waals surface area contributed by atoms with Crippen LogP contribution in [0.25, 0.3) is 0 Å². The molecular formula is C14H21Cl2N. The zero-order valence-electron chi connectivity index (χ0n) is 10.8. The quantitative estimate of drug-likeness (QED) is 0.809. The van der Waals surface area contributed by atoms with E-state index in [2.05, 4.69) is 25.2 Å². The lowest BCUT2D eigenvalue weighted by molar-refractivity contribution is 0.395. The zero-order chi connectivity index (χ0) is 12.8. The van der Waals surface area contributed by atoms with Gasteiger partial charge < -0.3 is 5.32 Å². The molecule has 0 amide bonds. The van der Waals surface area contributed by atoms with Crippen LogP contribution in [-0.4, -0.2) is 13.6 Å². The van der Waals surface area contributed by atoms with Gasteiger partial charge in [0.2, 0.25) is 0 Å². The number of nitrogens with one attached hydrogen (secondary N) is 1. The average molecular weight is 274 g/mol. The van der Waals surface area contributed by atoms with Crippen molar-refractivity contribution in [3.63, 3.8) is 0 Å². The van der Waals surface area contributed by atoms with E-state index in [1.807, 2.05) is 19.2 Å². The fourth-order valence-electron chi connectivity index (χ4n) is 2.19. The predicted molar refractivity (Wildman–Crippen MR) is 77.0 cm³/mol. The van der Waals surface area contributed by atoms with Crippen molar-refractivity contribution in [3.8, 4) is 0 Å². The van der Waals surface area contributed by atoms with Crippen LogP contribution in [0.3, 0.4) is 0 Å². The Hall–Kier alpha value is -0.240. The van der Waals surface area contributed by atoms with E-state index < -0.39 is 0 Å². The topological polar surface area (TPSA) is 12.0 Å². The number of hydrogen-bond acceptors (Lipinski definition) is 1. The maximum Gasteiger partial charge on any atom is 0.0595 e. The van der Waals surface area contributed by atoms with Gasteiger partial charge in [0.15, 0.2) is 0 Å². The largest absolute Gasteiger partial charge is 0.319 e. The lowest BCUT2D eigenvalue weighted by Crippen LogP contribution is -2.22. The molecule has 1 aromatic rings. The summed E-state index contributed by atoms with van der Waals surface area (Å²) < 4.78 is 0. The smallest absolute Gasteiger partial charge is 0.0595 e. The van der Waals surface area contributed by atoms with Crippen LogP contribution in [0.1, 0.15) is 25.8 Å². The molecule has 1 atom stereocenters. The van der Waals surface area contributed by atoms with Crippen molar-refractivity contribution >= 4 is 23.2 Å². The lowest BCUT2D eigenvalue weighted by atomic mass is 9.91. The Balaban J connectivity index is 2.67. The van der Waals surface area contributed by atoms with Gasteiger partial charge >= 0.3 is 0 Å². The van der Waals surface area contributed by atoms with Gasteiger partial charge in [-0.2, -0.15) is 0 Å². The molecule has 3 heteroatoms. The molecule has 0 bridgehead atoms. The maximum absolute atomic E-state index is 6.03. The average Bonchev–Trinajstić information content (AvgIpc) is 2.23. The number of halogens is 2. The zero-order valence-corrected chi connectivity index (χ0v) is 12.3. The van der Waals surface area contributed by atoms with Crippen molar-refractivity contribution < 1.29 is 0 Å². The van der Waals surface area contributed by atoms with Crippen molar-refractivity contribution in [1.82, 2.24) is 5.32 Å². The molecule has 17 heavy (non-hydrogen) atoms. The van der Waals surface area contributed by atoms with Crippen LogP contribution in [-0.2, 0) is 6.42 Å². The monoisotopic (exact) mass is 273 g/mol. The van der Waals surface area contributed by atoms with Gasteiger partial charge in [-0.3, -0.25) is 0 Å². The van der Waals surface area contributed by atoms with E-state index in [0.717, 1.165) is 18.9 Å². The SMILES string of the molecule is CNCC(Cc1ccc(Cl)c(Cl)c1)CC(C)C. The molecule has 1 unspecified atom stereocenters. The van der Waals surface area contributed by atoms with E-state index in [1.54, 1.807) is 0 Å². The molecule has 1 rings (SSSR count). The summed E-state index contributed by atoms with van der Waals surface area (Å²) in [7, 11) is 2.00. The van der Waals surface area contributed by atoms with Crippen LogP contribution < -0.4 is 5.32 Å². The van der Waals surface area contributed by atoms with E-state index in [1.165, 1.54) is 12.0 Å². The van der Waals surface area contributed by atoms with Gasteiger partial charge in [0, 0.05) is 0 Å². The van der Waals surface area contributed by atoms with Crippen molar-refractivity contribution in [2.45, 2.75) is 26.7 Å². The molecule has 0 heterocycles. The maximum atomic E-state index is 6.03. The van der Waals surface area contributed by atoms with Crippen LogP contribution in [0.2, 0.25) is 10.0 Å². The minimum Gasteiger partial charge on any atom is -0.319 e. The highest BCUT2D eigenvalue weighted by atomic mass is 35.5. The summed E-state index contributed by atoms with van der Waals surface area (Å²) >= 11 is 12.0. The molecule has 1 N–H and O–H groups in total. The normalized spacial score (nSPS) is 13.1. The standard InChI is InChI=1S/C14H21Cl2N/c1-10(2)6-12(9-17-3)7-11-4-5-13(15)14(16)8-11/h4-5,8,10,12,17H,6-7,9H2,1-3H3. The summed E-state index contributed by atoms with van der Waals surface area (Å²) in [4.78, 5) is 0. The molecule has 0 radical (unpaired) electrons. The summed E-state index contributed by atoms with van der Waals surface area (Å²) in [6.45, 7) is 5.56. The Kier molecular flexibility index (Phi) is 6.32. The summed E-state index contributed by atoms with van der Waals surface area (Å²) in [5, 5.41) is 4.54. The van der Waals surface area contributed by atoms with Crippen LogP contribution in [0, 0.1) is 11.8 Å². The minimum absolute atomic E-state index is 0.629. The molecule has 0 aliphatic rings. The first-order valence-electron chi connectivity index (χ1n) is 6.11. The summed E-state index contributed by atoms with van der Waals surface area (Å²) in [6.07, 6.45) is 2.27. The van der Waals surface area contributed by atoms with Crippen molar-refractivity contribution in [1.29, 1.82) is 0 Å². The molecule has 0 fully saturated rings. The van der Waals surface area contributed by atoms with Crippen LogP contribution >= 0.6 is 23.2 Å². The Labute approximate surface area is 115 Å². The fourth-order valence-corrected chi connectivity index (χ4v) is 2.51. The molecule has 0 saturated carbocycles. The Morgan fingerprint density at radius 2 is 1.88 bits per heavy atom. The second-order valence-corrected chi connectivity index (χ2v) is 5.82. The van der Waals surface area contributed by atoms with Gasteiger partial charge in [0.05, 0.1) is 10.0 Å². The second kappa shape index (κ2) is 7.25. The Morgan fingerprint density at radius 1 is 1.18 bits per heavy atom. The number of benzene rings is 1. The molecule has 1 aromatic carbocycles. The molecule has 0 saturated heterocycles. The minimum atomic E-state index is 0.629. The highest BCUT2D eigenvalue weighted by Crippen LogP contribution is 2.25. The van der Waals surface area contributed by atoms with Crippen molar-refractivity contribution in [3.05, 3.63) is 33.8 Å². The first kappa shape index (κ1) is 14.8. The van der Waals surface area contributed by atoms with Gasteiger partial charge in [0.25, 0.3) is 0 Å². The van der Waals surface area contributed by atoms with Gasteiger partial charge in [-0.1, -0.05) is 43.1 Å². The second-order valence-electron chi connectivity index (χ2n) is 5.01. The van der Waals surface area contributed by atoms with Crippen LogP contribution in [0.4, 0.5) is 0 Å². The van der Waals surface area contributed by atoms with Crippen LogP contribution in [0.15, 0.2) is 18.2 Å². The molecule has 0 aliphatic heterocycles. The molecule has 1 nitrogen and oxygen atoms in total. The van der Waals surface area contributed by atoms with Crippen molar-refractivity contribution in [2.75, 3.05) is 13.6 Å². The Morgan fingerprint density at radius 3 is 2.41 bits per heavy atom. The van der Waals surface area contributed by atoms with Gasteiger partial charge in [-0.25, -0.2) is 0 Å². The first-order chi connectivity index (χ1) is 8.02. The lowest BCUT2D eigenvalue weighted by Gasteiger charge is -2.19. The third-order valence-electron chi connectivity index (χ3n) is 2.81. The third kappa shape index (κ3) is 5.29. The van der Waals surface area contributed by atoms with E-state index >= 15 is 0 Å².